The maximum atomic E-state index is 6.20. The third-order valence-electron chi connectivity index (χ3n) is 3.62. The van der Waals surface area contributed by atoms with E-state index in [0.717, 1.165) is 16.8 Å². The Morgan fingerprint density at radius 3 is 2.53 bits per heavy atom. The molecule has 0 radical (unpaired) electrons. The van der Waals surface area contributed by atoms with Crippen LogP contribution in [0.5, 0.6) is 0 Å². The normalized spacial score (nSPS) is 14.3. The molecular weight excluding hydrogens is 320 g/mol. The summed E-state index contributed by atoms with van der Waals surface area (Å²) in [6.45, 7) is 14.2. The van der Waals surface area contributed by atoms with Crippen molar-refractivity contribution in [3.63, 3.8) is 0 Å². The number of nitrogens with zero attached hydrogens (tertiary/aromatic N) is 1. The van der Waals surface area contributed by atoms with Crippen LogP contribution in [0.3, 0.4) is 0 Å². The fourth-order valence-corrected chi connectivity index (χ4v) is 2.83. The highest BCUT2D eigenvalue weighted by Gasteiger charge is 2.37. The van der Waals surface area contributed by atoms with E-state index >= 15 is 0 Å². The quantitative estimate of drug-likeness (QED) is 0.788. The number of pyridine rings is 1. The Hall–Kier alpha value is -0.393. The molecule has 0 unspecified atom stereocenters. The molecule has 1 N–H and O–H groups in total. The molecule has 0 aliphatic heterocycles. The van der Waals surface area contributed by atoms with Crippen LogP contribution < -0.4 is 5.32 Å². The first kappa shape index (κ1) is 16.7. The molecule has 0 bridgehead atoms. The molecule has 0 aliphatic carbocycles. The van der Waals surface area contributed by atoms with Crippen LogP contribution in [0, 0.1) is 0 Å². The second-order valence-electron chi connectivity index (χ2n) is 6.51. The zero-order valence-electron chi connectivity index (χ0n) is 12.7. The van der Waals surface area contributed by atoms with Gasteiger partial charge < -0.3 is 9.74 Å². The Morgan fingerprint density at radius 1 is 1.37 bits per heavy atom. The summed E-state index contributed by atoms with van der Waals surface area (Å²) in [5.41, 5.74) is 1.01. The molecule has 0 spiro atoms. The number of hydrogen-bond acceptors (Lipinski definition) is 3. The first-order valence-electron chi connectivity index (χ1n) is 6.63. The van der Waals surface area contributed by atoms with Crippen LogP contribution in [-0.2, 0) is 4.43 Å². The van der Waals surface area contributed by atoms with Gasteiger partial charge in [-0.25, -0.2) is 0 Å². The van der Waals surface area contributed by atoms with E-state index in [0.29, 0.717) is 0 Å². The molecular formula is C14H25BrN2OSi. The molecule has 1 atom stereocenters. The van der Waals surface area contributed by atoms with E-state index in [1.54, 1.807) is 6.20 Å². The SMILES string of the molecule is C[C@H](CO[Si](C)(C)C(C)(C)C)Nc1cncc(Br)c1. The second kappa shape index (κ2) is 6.37. The highest BCUT2D eigenvalue weighted by molar-refractivity contribution is 9.10. The molecule has 108 valence electrons. The summed E-state index contributed by atoms with van der Waals surface area (Å²) in [7, 11) is -1.66. The summed E-state index contributed by atoms with van der Waals surface area (Å²) in [5.74, 6) is 0. The fraction of sp³-hybridized carbons (Fsp3) is 0.643. The Balaban J connectivity index is 2.51. The van der Waals surface area contributed by atoms with Crippen LogP contribution >= 0.6 is 15.9 Å². The molecule has 0 saturated heterocycles. The molecule has 0 aromatic carbocycles. The number of aromatic nitrogens is 1. The van der Waals surface area contributed by atoms with Crippen molar-refractivity contribution < 1.29 is 4.43 Å². The van der Waals surface area contributed by atoms with Gasteiger partial charge in [-0.05, 0) is 47.1 Å². The molecule has 1 aromatic heterocycles. The average molecular weight is 345 g/mol. The summed E-state index contributed by atoms with van der Waals surface area (Å²) >= 11 is 3.42. The number of nitrogens with one attached hydrogen (secondary N) is 1. The summed E-state index contributed by atoms with van der Waals surface area (Å²) < 4.78 is 7.18. The summed E-state index contributed by atoms with van der Waals surface area (Å²) in [6.07, 6.45) is 3.61. The van der Waals surface area contributed by atoms with Gasteiger partial charge >= 0.3 is 0 Å². The minimum atomic E-state index is -1.66. The van der Waals surface area contributed by atoms with E-state index < -0.39 is 8.32 Å². The van der Waals surface area contributed by atoms with Gasteiger partial charge in [0.1, 0.15) is 0 Å². The maximum absolute atomic E-state index is 6.20. The standard InChI is InChI=1S/C14H25BrN2OSi/c1-11(10-18-19(5,6)14(2,3)4)17-13-7-12(15)8-16-9-13/h7-9,11,17H,10H2,1-6H3/t11-/m1/s1. The maximum Gasteiger partial charge on any atom is 0.192 e. The van der Waals surface area contributed by atoms with Gasteiger partial charge in [0.15, 0.2) is 8.32 Å². The van der Waals surface area contributed by atoms with E-state index in [1.807, 2.05) is 12.3 Å². The van der Waals surface area contributed by atoms with Crippen molar-refractivity contribution in [2.45, 2.75) is 51.9 Å². The lowest BCUT2D eigenvalue weighted by Gasteiger charge is -2.37. The van der Waals surface area contributed by atoms with E-state index in [4.69, 9.17) is 4.43 Å². The average Bonchev–Trinajstić information content (AvgIpc) is 2.25. The molecule has 0 saturated carbocycles. The lowest BCUT2D eigenvalue weighted by molar-refractivity contribution is 0.276. The smallest absolute Gasteiger partial charge is 0.192 e. The van der Waals surface area contributed by atoms with Crippen LogP contribution in [0.1, 0.15) is 27.7 Å². The topological polar surface area (TPSA) is 34.1 Å². The fourth-order valence-electron chi connectivity index (χ4n) is 1.37. The van der Waals surface area contributed by atoms with Gasteiger partial charge in [0, 0.05) is 16.7 Å². The first-order chi connectivity index (χ1) is 8.62. The molecule has 1 heterocycles. The van der Waals surface area contributed by atoms with Gasteiger partial charge in [0.2, 0.25) is 0 Å². The van der Waals surface area contributed by atoms with Crippen molar-refractivity contribution in [2.24, 2.45) is 0 Å². The van der Waals surface area contributed by atoms with E-state index in [9.17, 15) is 0 Å². The van der Waals surface area contributed by atoms with E-state index in [-0.39, 0.29) is 11.1 Å². The predicted molar refractivity (Wildman–Crippen MR) is 88.2 cm³/mol. The largest absolute Gasteiger partial charge is 0.415 e. The number of anilines is 1. The van der Waals surface area contributed by atoms with Gasteiger partial charge in [-0.2, -0.15) is 0 Å². The molecule has 0 aliphatic rings. The highest BCUT2D eigenvalue weighted by atomic mass is 79.9. The van der Waals surface area contributed by atoms with Crippen molar-refractivity contribution in [2.75, 3.05) is 11.9 Å². The zero-order chi connectivity index (χ0) is 14.7. The van der Waals surface area contributed by atoms with Crippen molar-refractivity contribution in [1.29, 1.82) is 0 Å². The third kappa shape index (κ3) is 5.24. The molecule has 1 aromatic rings. The molecule has 0 fully saturated rings. The number of hydrogen-bond donors (Lipinski definition) is 1. The minimum absolute atomic E-state index is 0.254. The zero-order valence-corrected chi connectivity index (χ0v) is 15.3. The van der Waals surface area contributed by atoms with Crippen molar-refractivity contribution >= 4 is 29.9 Å². The molecule has 19 heavy (non-hydrogen) atoms. The van der Waals surface area contributed by atoms with Gasteiger partial charge in [-0.1, -0.05) is 20.8 Å². The van der Waals surface area contributed by atoms with Crippen LogP contribution in [-0.4, -0.2) is 26.0 Å². The molecule has 5 heteroatoms. The molecule has 1 rings (SSSR count). The summed E-state index contributed by atoms with van der Waals surface area (Å²) in [4.78, 5) is 4.14. The number of rotatable bonds is 5. The third-order valence-corrected chi connectivity index (χ3v) is 8.55. The highest BCUT2D eigenvalue weighted by Crippen LogP contribution is 2.36. The minimum Gasteiger partial charge on any atom is -0.415 e. The second-order valence-corrected chi connectivity index (χ2v) is 12.2. The molecule has 0 amide bonds. The van der Waals surface area contributed by atoms with Crippen molar-refractivity contribution in [1.82, 2.24) is 4.98 Å². The summed E-state index contributed by atoms with van der Waals surface area (Å²) in [5, 5.41) is 3.67. The van der Waals surface area contributed by atoms with E-state index in [1.165, 1.54) is 0 Å². The Kier molecular flexibility index (Phi) is 5.59. The Morgan fingerprint density at radius 2 is 2.00 bits per heavy atom. The van der Waals surface area contributed by atoms with Crippen LogP contribution in [0.25, 0.3) is 0 Å². The monoisotopic (exact) mass is 344 g/mol. The van der Waals surface area contributed by atoms with Crippen molar-refractivity contribution in [3.05, 3.63) is 22.9 Å². The molecule has 3 nitrogen and oxygen atoms in total. The van der Waals surface area contributed by atoms with E-state index in [2.05, 4.69) is 67.0 Å². The number of halogens is 1. The van der Waals surface area contributed by atoms with Crippen molar-refractivity contribution in [3.8, 4) is 0 Å². The predicted octanol–water partition coefficient (Wildman–Crippen LogP) is 4.67. The Labute approximate surface area is 126 Å². The lowest BCUT2D eigenvalue weighted by Crippen LogP contribution is -2.43. The van der Waals surface area contributed by atoms with Crippen LogP contribution in [0.15, 0.2) is 22.9 Å². The van der Waals surface area contributed by atoms with Gasteiger partial charge in [0.05, 0.1) is 18.5 Å². The lowest BCUT2D eigenvalue weighted by atomic mass is 10.2. The summed E-state index contributed by atoms with van der Waals surface area (Å²) in [6, 6.07) is 2.29. The van der Waals surface area contributed by atoms with Gasteiger partial charge in [0.25, 0.3) is 0 Å². The van der Waals surface area contributed by atoms with Crippen LogP contribution in [0.4, 0.5) is 5.69 Å². The van der Waals surface area contributed by atoms with Gasteiger partial charge in [-0.15, -0.1) is 0 Å². The van der Waals surface area contributed by atoms with Gasteiger partial charge in [-0.3, -0.25) is 4.98 Å². The first-order valence-corrected chi connectivity index (χ1v) is 10.3. The van der Waals surface area contributed by atoms with Crippen LogP contribution in [0.2, 0.25) is 18.1 Å². The Bertz CT molecular complexity index is 418.